The summed E-state index contributed by atoms with van der Waals surface area (Å²) in [6, 6.07) is 15.2. The first kappa shape index (κ1) is 12.8. The number of aryl methyl sites for hydroxylation is 1. The predicted molar refractivity (Wildman–Crippen MR) is 72.8 cm³/mol. The lowest BCUT2D eigenvalue weighted by Crippen LogP contribution is -2.19. The summed E-state index contributed by atoms with van der Waals surface area (Å²) < 4.78 is 13.6. The van der Waals surface area contributed by atoms with E-state index in [1.54, 1.807) is 6.07 Å². The molecule has 94 valence electrons. The number of hydrogen-bond acceptors (Lipinski definition) is 1. The fourth-order valence-corrected chi connectivity index (χ4v) is 2.03. The van der Waals surface area contributed by atoms with Crippen molar-refractivity contribution in [1.82, 2.24) is 5.32 Å². The topological polar surface area (TPSA) is 12.0 Å². The van der Waals surface area contributed by atoms with E-state index in [4.69, 9.17) is 0 Å². The molecule has 2 heteroatoms. The normalized spacial score (nSPS) is 12.4. The fourth-order valence-electron chi connectivity index (χ4n) is 2.03. The zero-order valence-electron chi connectivity index (χ0n) is 10.8. The molecule has 0 aliphatic heterocycles. The van der Waals surface area contributed by atoms with E-state index in [2.05, 4.69) is 30.4 Å². The van der Waals surface area contributed by atoms with Crippen molar-refractivity contribution in [2.24, 2.45) is 0 Å². The molecule has 0 aliphatic carbocycles. The second-order valence-corrected chi connectivity index (χ2v) is 4.61. The molecule has 1 N–H and O–H groups in total. The van der Waals surface area contributed by atoms with Crippen LogP contribution in [0.2, 0.25) is 0 Å². The third kappa shape index (κ3) is 3.17. The third-order valence-corrected chi connectivity index (χ3v) is 3.07. The van der Waals surface area contributed by atoms with E-state index in [1.165, 1.54) is 17.2 Å². The van der Waals surface area contributed by atoms with E-state index in [-0.39, 0.29) is 11.9 Å². The highest BCUT2D eigenvalue weighted by Gasteiger charge is 2.09. The minimum Gasteiger partial charge on any atom is -0.306 e. The zero-order valence-corrected chi connectivity index (χ0v) is 10.8. The van der Waals surface area contributed by atoms with Crippen LogP contribution in [0, 0.1) is 12.7 Å². The van der Waals surface area contributed by atoms with E-state index in [0.717, 1.165) is 6.54 Å². The lowest BCUT2D eigenvalue weighted by atomic mass is 10.1. The van der Waals surface area contributed by atoms with E-state index in [9.17, 15) is 4.39 Å². The maximum absolute atomic E-state index is 13.6. The van der Waals surface area contributed by atoms with Crippen molar-refractivity contribution < 1.29 is 4.39 Å². The minimum atomic E-state index is -0.151. The Bertz CT molecular complexity index is 522. The quantitative estimate of drug-likeness (QED) is 0.856. The van der Waals surface area contributed by atoms with Gasteiger partial charge >= 0.3 is 0 Å². The highest BCUT2D eigenvalue weighted by molar-refractivity contribution is 5.23. The zero-order chi connectivity index (χ0) is 13.0. The smallest absolute Gasteiger partial charge is 0.127 e. The molecule has 2 aromatic rings. The molecule has 0 aliphatic rings. The van der Waals surface area contributed by atoms with Gasteiger partial charge in [-0.15, -0.1) is 0 Å². The van der Waals surface area contributed by atoms with Crippen LogP contribution in [0.15, 0.2) is 48.5 Å². The van der Waals surface area contributed by atoms with Crippen LogP contribution in [0.3, 0.4) is 0 Å². The molecule has 18 heavy (non-hydrogen) atoms. The SMILES string of the molecule is Cc1cccc(CNC(C)c2ccccc2F)c1. The van der Waals surface area contributed by atoms with E-state index < -0.39 is 0 Å². The van der Waals surface area contributed by atoms with Crippen LogP contribution < -0.4 is 5.32 Å². The van der Waals surface area contributed by atoms with Gasteiger partial charge in [-0.2, -0.15) is 0 Å². The molecule has 0 spiro atoms. The maximum Gasteiger partial charge on any atom is 0.127 e. The molecule has 0 bridgehead atoms. The molecule has 1 atom stereocenters. The molecule has 0 saturated carbocycles. The summed E-state index contributed by atoms with van der Waals surface area (Å²) in [4.78, 5) is 0. The molecule has 0 amide bonds. The Labute approximate surface area is 108 Å². The number of benzene rings is 2. The highest BCUT2D eigenvalue weighted by Crippen LogP contribution is 2.16. The van der Waals surface area contributed by atoms with E-state index in [1.807, 2.05) is 25.1 Å². The van der Waals surface area contributed by atoms with Crippen LogP contribution in [0.5, 0.6) is 0 Å². The number of rotatable bonds is 4. The van der Waals surface area contributed by atoms with Crippen molar-refractivity contribution in [2.45, 2.75) is 26.4 Å². The van der Waals surface area contributed by atoms with Crippen molar-refractivity contribution >= 4 is 0 Å². The van der Waals surface area contributed by atoms with Crippen LogP contribution in [0.4, 0.5) is 4.39 Å². The molecule has 0 heterocycles. The van der Waals surface area contributed by atoms with Gasteiger partial charge in [-0.25, -0.2) is 4.39 Å². The van der Waals surface area contributed by atoms with Crippen molar-refractivity contribution in [2.75, 3.05) is 0 Å². The summed E-state index contributed by atoms with van der Waals surface area (Å²) in [6.07, 6.45) is 0. The first-order chi connectivity index (χ1) is 8.66. The second kappa shape index (κ2) is 5.78. The average Bonchev–Trinajstić information content (AvgIpc) is 2.37. The number of nitrogens with one attached hydrogen (secondary N) is 1. The average molecular weight is 243 g/mol. The van der Waals surface area contributed by atoms with Gasteiger partial charge in [0, 0.05) is 18.2 Å². The van der Waals surface area contributed by atoms with Gasteiger partial charge in [0.25, 0.3) is 0 Å². The number of halogens is 1. The van der Waals surface area contributed by atoms with Crippen molar-refractivity contribution in [3.63, 3.8) is 0 Å². The third-order valence-electron chi connectivity index (χ3n) is 3.07. The van der Waals surface area contributed by atoms with Crippen LogP contribution >= 0.6 is 0 Å². The second-order valence-electron chi connectivity index (χ2n) is 4.61. The monoisotopic (exact) mass is 243 g/mol. The number of hydrogen-bond donors (Lipinski definition) is 1. The molecule has 0 saturated heterocycles. The van der Waals surface area contributed by atoms with Crippen LogP contribution in [0.25, 0.3) is 0 Å². The van der Waals surface area contributed by atoms with E-state index >= 15 is 0 Å². The minimum absolute atomic E-state index is 0.00622. The van der Waals surface area contributed by atoms with Gasteiger partial charge in [-0.1, -0.05) is 48.0 Å². The Balaban J connectivity index is 2.00. The van der Waals surface area contributed by atoms with Gasteiger partial charge < -0.3 is 5.32 Å². The van der Waals surface area contributed by atoms with Gasteiger partial charge in [0.2, 0.25) is 0 Å². The summed E-state index contributed by atoms with van der Waals surface area (Å²) in [6.45, 7) is 4.80. The molecule has 0 aromatic heterocycles. The maximum atomic E-state index is 13.6. The lowest BCUT2D eigenvalue weighted by molar-refractivity contribution is 0.528. The summed E-state index contributed by atoms with van der Waals surface area (Å²) in [5.74, 6) is -0.151. The Morgan fingerprint density at radius 3 is 2.61 bits per heavy atom. The predicted octanol–water partition coefficient (Wildman–Crippen LogP) is 3.98. The van der Waals surface area contributed by atoms with Crippen molar-refractivity contribution in [1.29, 1.82) is 0 Å². The standard InChI is InChI=1S/C16H18FN/c1-12-6-5-7-14(10-12)11-18-13(2)15-8-3-4-9-16(15)17/h3-10,13,18H,11H2,1-2H3. The van der Waals surface area contributed by atoms with E-state index in [0.29, 0.717) is 5.56 Å². The lowest BCUT2D eigenvalue weighted by Gasteiger charge is -2.15. The van der Waals surface area contributed by atoms with Crippen LogP contribution in [0.1, 0.15) is 29.7 Å². The summed E-state index contributed by atoms with van der Waals surface area (Å²) >= 11 is 0. The Morgan fingerprint density at radius 2 is 1.89 bits per heavy atom. The molecule has 2 aromatic carbocycles. The Hall–Kier alpha value is -1.67. The van der Waals surface area contributed by atoms with Gasteiger partial charge in [0.05, 0.1) is 0 Å². The molecular weight excluding hydrogens is 225 g/mol. The molecule has 0 radical (unpaired) electrons. The van der Waals surface area contributed by atoms with Gasteiger partial charge in [0.15, 0.2) is 0 Å². The summed E-state index contributed by atoms with van der Waals surface area (Å²) in [5.41, 5.74) is 3.18. The molecular formula is C16H18FN. The van der Waals surface area contributed by atoms with Crippen LogP contribution in [-0.4, -0.2) is 0 Å². The van der Waals surface area contributed by atoms with Gasteiger partial charge in [0.1, 0.15) is 5.82 Å². The summed E-state index contributed by atoms with van der Waals surface area (Å²) in [5, 5.41) is 3.34. The van der Waals surface area contributed by atoms with Crippen molar-refractivity contribution in [3.05, 3.63) is 71.0 Å². The highest BCUT2D eigenvalue weighted by atomic mass is 19.1. The fraction of sp³-hybridized carbons (Fsp3) is 0.250. The molecule has 2 rings (SSSR count). The van der Waals surface area contributed by atoms with Gasteiger partial charge in [-0.05, 0) is 25.5 Å². The Kier molecular flexibility index (Phi) is 4.11. The first-order valence-electron chi connectivity index (χ1n) is 6.20. The van der Waals surface area contributed by atoms with Gasteiger partial charge in [-0.3, -0.25) is 0 Å². The first-order valence-corrected chi connectivity index (χ1v) is 6.20. The summed E-state index contributed by atoms with van der Waals surface area (Å²) in [7, 11) is 0. The largest absolute Gasteiger partial charge is 0.306 e. The van der Waals surface area contributed by atoms with Crippen LogP contribution in [-0.2, 0) is 6.54 Å². The molecule has 1 nitrogen and oxygen atoms in total. The molecule has 1 unspecified atom stereocenters. The Morgan fingerprint density at radius 1 is 1.11 bits per heavy atom. The molecule has 0 fully saturated rings. The van der Waals surface area contributed by atoms with Crippen molar-refractivity contribution in [3.8, 4) is 0 Å².